The highest BCUT2D eigenvalue weighted by Crippen LogP contribution is 2.39. The first-order chi connectivity index (χ1) is 34.1. The lowest BCUT2D eigenvalue weighted by atomic mass is 9.82. The summed E-state index contributed by atoms with van der Waals surface area (Å²) in [5, 5.41) is 33.3. The smallest absolute Gasteiger partial charge is 0.309 e. The topological polar surface area (TPSA) is 239 Å². The second kappa shape index (κ2) is 28.3. The Bertz CT molecular complexity index is 2020. The Morgan fingerprint density at radius 1 is 1.01 bits per heavy atom. The number of benzene rings is 1. The van der Waals surface area contributed by atoms with Gasteiger partial charge in [0, 0.05) is 52.7 Å². The summed E-state index contributed by atoms with van der Waals surface area (Å²) < 4.78 is 69.8. The zero-order valence-corrected chi connectivity index (χ0v) is 43.7. The number of aliphatic hydroxyl groups is 2. The van der Waals surface area contributed by atoms with Crippen molar-refractivity contribution >= 4 is 36.2 Å². The summed E-state index contributed by atoms with van der Waals surface area (Å²) in [6, 6.07) is 5.12. The van der Waals surface area contributed by atoms with Crippen molar-refractivity contribution in [3.05, 3.63) is 41.2 Å². The standard InChI is InChI=1S/C52H78FN3O16/c1-12-41(60)68-40-26-43(62)67-37(17-14-16-34-19-20-38(53)36(25-34)28-54)18-15-22-56(10)29-39(59)30(3)24-35(21-23-57)48(49(40)64-11)71-51-46(63)45(55(8)9)47(31(4)66-51)70-44-27-52(7,72-33(6)58)50(32(5)65-44)69-42(61)13-2/h14,16,19-20,23,25,30-32,35,37,39-40,44-51,59,63H,12-13,15,17-18,21-22,24,26-27,29H2,1-11H3/b16-14+/t30-,31?,32?,35+,37+,39+,40-,44+,45?,46?,47+,48+,49+,50+,51+,52?/m1/s1. The van der Waals surface area contributed by atoms with Crippen LogP contribution in [0.2, 0.25) is 0 Å². The molecule has 0 spiro atoms. The van der Waals surface area contributed by atoms with Gasteiger partial charge < -0.3 is 67.4 Å². The number of rotatable bonds is 16. The molecule has 2 N–H and O–H groups in total. The number of esters is 4. The fourth-order valence-corrected chi connectivity index (χ4v) is 9.94. The van der Waals surface area contributed by atoms with Gasteiger partial charge in [-0.15, -0.1) is 0 Å². The number of aldehydes is 1. The van der Waals surface area contributed by atoms with Crippen molar-refractivity contribution in [3.63, 3.8) is 0 Å². The molecule has 3 aliphatic heterocycles. The molecule has 72 heavy (non-hydrogen) atoms. The Labute approximate surface area is 423 Å². The maximum absolute atomic E-state index is 14.1. The summed E-state index contributed by atoms with van der Waals surface area (Å²) in [7, 11) is 6.67. The van der Waals surface area contributed by atoms with Crippen LogP contribution in [0.3, 0.4) is 0 Å². The van der Waals surface area contributed by atoms with Crippen LogP contribution in [0.15, 0.2) is 24.3 Å². The second-order valence-electron chi connectivity index (χ2n) is 19.7. The Morgan fingerprint density at radius 2 is 1.71 bits per heavy atom. The molecular formula is C52H78FN3O16. The van der Waals surface area contributed by atoms with Gasteiger partial charge in [0.2, 0.25) is 0 Å². The second-order valence-corrected chi connectivity index (χ2v) is 19.7. The number of halogens is 1. The summed E-state index contributed by atoms with van der Waals surface area (Å²) in [5.41, 5.74) is -0.885. The fraction of sp³-hybridized carbons (Fsp3) is 0.731. The molecule has 4 rings (SSSR count). The van der Waals surface area contributed by atoms with E-state index in [-0.39, 0.29) is 50.6 Å². The van der Waals surface area contributed by atoms with Gasteiger partial charge in [0.05, 0.1) is 42.4 Å². The fourth-order valence-electron chi connectivity index (χ4n) is 9.94. The van der Waals surface area contributed by atoms with Crippen molar-refractivity contribution < 1.29 is 81.2 Å². The minimum atomic E-state index is -1.47. The Kier molecular flexibility index (Phi) is 23.6. The molecule has 5 unspecified atom stereocenters. The molecule has 3 saturated heterocycles. The van der Waals surface area contributed by atoms with Gasteiger partial charge in [-0.05, 0) is 97.3 Å². The highest BCUT2D eigenvalue weighted by Gasteiger charge is 2.54. The molecule has 0 aliphatic carbocycles. The van der Waals surface area contributed by atoms with Crippen LogP contribution in [0, 0.1) is 29.0 Å². The first kappa shape index (κ1) is 60.1. The average molecular weight is 1020 g/mol. The van der Waals surface area contributed by atoms with Crippen molar-refractivity contribution in [1.29, 1.82) is 5.26 Å². The number of hydrogen-bond donors (Lipinski definition) is 2. The van der Waals surface area contributed by atoms with E-state index in [1.165, 1.54) is 32.2 Å². The van der Waals surface area contributed by atoms with Crippen LogP contribution < -0.4 is 0 Å². The zero-order chi connectivity index (χ0) is 53.4. The van der Waals surface area contributed by atoms with Gasteiger partial charge in [-0.25, -0.2) is 4.39 Å². The first-order valence-electron chi connectivity index (χ1n) is 25.0. The number of carbonyl (C=O) groups excluding carboxylic acids is 5. The van der Waals surface area contributed by atoms with E-state index in [1.54, 1.807) is 65.8 Å². The number of nitrogens with zero attached hydrogens (tertiary/aromatic N) is 3. The Balaban J connectivity index is 1.71. The SMILES string of the molecule is CCC(=O)O[C@@H]1CC(=O)O[C@@H](C/C=C/c2ccc(F)c(C#N)c2)CCCN(C)C[C@H](O)[C@H](C)C[C@H](CC=O)[C@H](O[C@@H]2OC(C)[C@H](O[C@H]3CC(C)(OC(C)=O)[C@@H](OC(=O)CC)C(C)O3)C(N(C)C)C2O)[C@H]1OC. The van der Waals surface area contributed by atoms with Crippen LogP contribution in [0.5, 0.6) is 0 Å². The normalized spacial score (nSPS) is 34.7. The third-order valence-corrected chi connectivity index (χ3v) is 13.6. The number of hydrogen-bond acceptors (Lipinski definition) is 19. The summed E-state index contributed by atoms with van der Waals surface area (Å²) in [5.74, 6) is -4.31. The molecule has 1 aromatic carbocycles. The van der Waals surface area contributed by atoms with Crippen molar-refractivity contribution in [2.75, 3.05) is 41.3 Å². The van der Waals surface area contributed by atoms with E-state index in [9.17, 15) is 43.8 Å². The largest absolute Gasteiger partial charge is 0.462 e. The van der Waals surface area contributed by atoms with E-state index in [2.05, 4.69) is 0 Å². The predicted octanol–water partition coefficient (Wildman–Crippen LogP) is 4.64. The molecule has 3 aliphatic rings. The van der Waals surface area contributed by atoms with Crippen LogP contribution in [0.25, 0.3) is 6.08 Å². The van der Waals surface area contributed by atoms with Gasteiger partial charge in [-0.3, -0.25) is 19.2 Å². The van der Waals surface area contributed by atoms with Crippen LogP contribution in [0.4, 0.5) is 4.39 Å². The molecule has 0 bridgehead atoms. The zero-order valence-electron chi connectivity index (χ0n) is 43.7. The lowest BCUT2D eigenvalue weighted by molar-refractivity contribution is -0.344. The monoisotopic (exact) mass is 1020 g/mol. The van der Waals surface area contributed by atoms with E-state index < -0.39 is 133 Å². The van der Waals surface area contributed by atoms with Gasteiger partial charge >= 0.3 is 23.9 Å². The molecule has 19 nitrogen and oxygen atoms in total. The first-order valence-corrected chi connectivity index (χ1v) is 25.0. The lowest BCUT2D eigenvalue weighted by Crippen LogP contribution is -2.66. The van der Waals surface area contributed by atoms with Crippen LogP contribution in [-0.2, 0) is 66.6 Å². The summed E-state index contributed by atoms with van der Waals surface area (Å²) in [6.07, 6.45) is -7.81. The van der Waals surface area contributed by atoms with Crippen LogP contribution >= 0.6 is 0 Å². The highest BCUT2D eigenvalue weighted by atomic mass is 19.1. The number of methoxy groups -OCH3 is 1. The Hall–Kier alpha value is -4.43. The number of ether oxygens (including phenoxy) is 9. The van der Waals surface area contributed by atoms with E-state index in [0.29, 0.717) is 31.2 Å². The summed E-state index contributed by atoms with van der Waals surface area (Å²) in [4.78, 5) is 68.4. The molecule has 0 radical (unpaired) electrons. The number of likely N-dealkylation sites (N-methyl/N-ethyl adjacent to an activating group) is 2. The Morgan fingerprint density at radius 3 is 2.33 bits per heavy atom. The van der Waals surface area contributed by atoms with Crippen LogP contribution in [-0.4, -0.2) is 177 Å². The molecule has 16 atom stereocenters. The van der Waals surface area contributed by atoms with Crippen molar-refractivity contribution in [2.24, 2.45) is 11.8 Å². The molecule has 404 valence electrons. The number of nitriles is 1. The molecule has 0 amide bonds. The van der Waals surface area contributed by atoms with E-state index >= 15 is 0 Å². The molecule has 3 heterocycles. The summed E-state index contributed by atoms with van der Waals surface area (Å²) >= 11 is 0. The third-order valence-electron chi connectivity index (χ3n) is 13.6. The van der Waals surface area contributed by atoms with Crippen molar-refractivity contribution in [3.8, 4) is 6.07 Å². The molecule has 1 aromatic rings. The van der Waals surface area contributed by atoms with E-state index in [0.717, 1.165) is 0 Å². The predicted molar refractivity (Wildman–Crippen MR) is 258 cm³/mol. The quantitative estimate of drug-likeness (QED) is 0.130. The number of carbonyl (C=O) groups is 5. The average Bonchev–Trinajstić information content (AvgIpc) is 3.30. The van der Waals surface area contributed by atoms with Gasteiger partial charge in [-0.2, -0.15) is 5.26 Å². The molecule has 3 fully saturated rings. The maximum Gasteiger partial charge on any atom is 0.309 e. The third kappa shape index (κ3) is 16.8. The number of aliphatic hydroxyl groups excluding tert-OH is 2. The molecule has 0 aromatic heterocycles. The van der Waals surface area contributed by atoms with Gasteiger partial charge in [0.15, 0.2) is 24.3 Å². The molecular weight excluding hydrogens is 942 g/mol. The van der Waals surface area contributed by atoms with E-state index in [4.69, 9.17) is 42.6 Å². The van der Waals surface area contributed by atoms with Gasteiger partial charge in [0.1, 0.15) is 48.7 Å². The minimum absolute atomic E-state index is 0.0411. The van der Waals surface area contributed by atoms with Crippen LogP contribution in [0.1, 0.15) is 117 Å². The van der Waals surface area contributed by atoms with Gasteiger partial charge in [-0.1, -0.05) is 39.0 Å². The molecule has 20 heteroatoms. The number of β-amino-alcohol motifs (C(OH)–C–C–N with tert-alkyl or cyclic N) is 1. The lowest BCUT2D eigenvalue weighted by Gasteiger charge is -2.50. The van der Waals surface area contributed by atoms with E-state index in [1.807, 2.05) is 24.9 Å². The number of cyclic esters (lactones) is 1. The van der Waals surface area contributed by atoms with Crippen molar-refractivity contribution in [1.82, 2.24) is 9.80 Å². The van der Waals surface area contributed by atoms with Gasteiger partial charge in [0.25, 0.3) is 0 Å². The maximum atomic E-state index is 14.1. The molecule has 0 saturated carbocycles. The summed E-state index contributed by atoms with van der Waals surface area (Å²) in [6.45, 7) is 12.2. The highest BCUT2D eigenvalue weighted by molar-refractivity contribution is 5.73. The minimum Gasteiger partial charge on any atom is -0.462 e. The van der Waals surface area contributed by atoms with Crippen molar-refractivity contribution in [2.45, 2.75) is 192 Å².